The Labute approximate surface area is 275 Å². The molecule has 10 aromatic rings. The predicted octanol–water partition coefficient (Wildman–Crippen LogP) is 11.1. The van der Waals surface area contributed by atoms with Gasteiger partial charge in [0.25, 0.3) is 0 Å². The number of hydrogen-bond acceptors (Lipinski definition) is 2. The highest BCUT2D eigenvalue weighted by Gasteiger charge is 2.25. The van der Waals surface area contributed by atoms with E-state index in [-0.39, 0.29) is 0 Å². The van der Waals surface area contributed by atoms with Crippen molar-refractivity contribution in [2.45, 2.75) is 0 Å². The fourth-order valence-corrected chi connectivity index (χ4v) is 8.12. The molecule has 1 aliphatic rings. The number of benzene rings is 8. The van der Waals surface area contributed by atoms with Crippen LogP contribution in [-0.2, 0) is 0 Å². The Morgan fingerprint density at radius 1 is 0.396 bits per heavy atom. The van der Waals surface area contributed by atoms with Crippen LogP contribution in [0.25, 0.3) is 99.1 Å². The summed E-state index contributed by atoms with van der Waals surface area (Å²) in [4.78, 5) is 1.81. The zero-order chi connectivity index (χ0) is 31.3. The van der Waals surface area contributed by atoms with Crippen LogP contribution < -0.4 is 0 Å². The third-order valence-electron chi connectivity index (χ3n) is 10.1. The molecule has 0 atom stereocenters. The van der Waals surface area contributed by atoms with Gasteiger partial charge in [-0.25, -0.2) is 0 Å². The van der Waals surface area contributed by atoms with E-state index < -0.39 is 0 Å². The molecule has 0 saturated carbocycles. The Kier molecular flexibility index (Phi) is 5.08. The van der Waals surface area contributed by atoms with Crippen LogP contribution >= 0.6 is 0 Å². The first-order valence-corrected chi connectivity index (χ1v) is 16.4. The summed E-state index contributed by atoms with van der Waals surface area (Å²) in [5.74, 6) is 0. The number of para-hydroxylation sites is 1. The molecule has 0 unspecified atom stereocenters. The third kappa shape index (κ3) is 3.38. The van der Waals surface area contributed by atoms with Crippen molar-refractivity contribution in [3.8, 4) is 44.8 Å². The summed E-state index contributed by atoms with van der Waals surface area (Å²) in [5, 5.41) is 17.7. The lowest BCUT2D eigenvalue weighted by molar-refractivity contribution is 0.767. The normalized spacial score (nSPS) is 12.2. The molecule has 4 nitrogen and oxygen atoms in total. The molecule has 0 amide bonds. The van der Waals surface area contributed by atoms with Crippen molar-refractivity contribution in [3.63, 3.8) is 0 Å². The van der Waals surface area contributed by atoms with Crippen molar-refractivity contribution in [2.24, 2.45) is 0 Å². The zero-order valence-electron chi connectivity index (χ0n) is 25.8. The van der Waals surface area contributed by atoms with Gasteiger partial charge in [0, 0.05) is 27.1 Å². The second kappa shape index (κ2) is 9.50. The molecule has 0 N–H and O–H groups in total. The minimum atomic E-state index is 0.858. The maximum atomic E-state index is 5.16. The van der Waals surface area contributed by atoms with E-state index in [2.05, 4.69) is 156 Å². The molecule has 4 heteroatoms. The molecule has 2 heterocycles. The lowest BCUT2D eigenvalue weighted by Crippen LogP contribution is -2.00. The highest BCUT2D eigenvalue weighted by atomic mass is 15.5. The van der Waals surface area contributed by atoms with Crippen LogP contribution in [0.15, 0.2) is 158 Å². The fourth-order valence-electron chi connectivity index (χ4n) is 8.12. The lowest BCUT2D eigenvalue weighted by atomic mass is 9.93. The van der Waals surface area contributed by atoms with Gasteiger partial charge in [-0.3, -0.25) is 0 Å². The molecule has 0 spiro atoms. The van der Waals surface area contributed by atoms with E-state index >= 15 is 0 Å². The minimum Gasteiger partial charge on any atom is -0.308 e. The lowest BCUT2D eigenvalue weighted by Gasteiger charge is -2.15. The smallest absolute Gasteiger partial charge is 0.121 e. The first-order chi connectivity index (χ1) is 23.8. The van der Waals surface area contributed by atoms with Gasteiger partial charge < -0.3 is 4.57 Å². The average Bonchev–Trinajstić information content (AvgIpc) is 3.71. The molecule has 0 radical (unpaired) electrons. The molecular formula is C44H26N4. The highest BCUT2D eigenvalue weighted by molar-refractivity contribution is 6.30. The van der Waals surface area contributed by atoms with Crippen LogP contribution in [0.5, 0.6) is 0 Å². The third-order valence-corrected chi connectivity index (χ3v) is 10.1. The van der Waals surface area contributed by atoms with Crippen molar-refractivity contribution in [1.29, 1.82) is 0 Å². The Morgan fingerprint density at radius 3 is 1.88 bits per heavy atom. The first-order valence-electron chi connectivity index (χ1n) is 16.4. The van der Waals surface area contributed by atoms with E-state index in [9.17, 15) is 0 Å². The van der Waals surface area contributed by atoms with Crippen molar-refractivity contribution in [2.75, 3.05) is 0 Å². The monoisotopic (exact) mass is 610 g/mol. The van der Waals surface area contributed by atoms with Gasteiger partial charge in [-0.05, 0) is 62.9 Å². The summed E-state index contributed by atoms with van der Waals surface area (Å²) in [6, 6.07) is 56.5. The zero-order valence-corrected chi connectivity index (χ0v) is 25.8. The minimum absolute atomic E-state index is 0.858. The van der Waals surface area contributed by atoms with E-state index in [1.165, 1.54) is 54.8 Å². The van der Waals surface area contributed by atoms with Crippen molar-refractivity contribution < 1.29 is 0 Å². The van der Waals surface area contributed by atoms with Gasteiger partial charge in [0.1, 0.15) is 11.0 Å². The number of hydrogen-bond donors (Lipinski definition) is 0. The highest BCUT2D eigenvalue weighted by Crippen LogP contribution is 2.50. The SMILES string of the molecule is c1ccc(-c2ccccc2-n2nc3cc(-n4c5cccc6c5c5c7c(cccc7ccc54)-c4ccccc4-6)c4ccccc4c3n2)cc1. The van der Waals surface area contributed by atoms with Crippen molar-refractivity contribution >= 4 is 54.4 Å². The van der Waals surface area contributed by atoms with Crippen molar-refractivity contribution in [1.82, 2.24) is 19.6 Å². The number of rotatable bonds is 3. The molecule has 0 fully saturated rings. The van der Waals surface area contributed by atoms with Crippen LogP contribution in [-0.4, -0.2) is 19.6 Å². The van der Waals surface area contributed by atoms with Gasteiger partial charge >= 0.3 is 0 Å². The summed E-state index contributed by atoms with van der Waals surface area (Å²) in [6.07, 6.45) is 0. The van der Waals surface area contributed by atoms with Crippen LogP contribution in [0, 0.1) is 0 Å². The molecule has 48 heavy (non-hydrogen) atoms. The van der Waals surface area contributed by atoms with E-state index in [4.69, 9.17) is 10.2 Å². The summed E-state index contributed by atoms with van der Waals surface area (Å²) >= 11 is 0. The maximum absolute atomic E-state index is 5.16. The second-order valence-corrected chi connectivity index (χ2v) is 12.6. The van der Waals surface area contributed by atoms with Gasteiger partial charge in [-0.2, -0.15) is 0 Å². The maximum Gasteiger partial charge on any atom is 0.121 e. The molecule has 11 rings (SSSR count). The Hall–Kier alpha value is -6.52. The molecule has 8 aromatic carbocycles. The fraction of sp³-hybridized carbons (Fsp3) is 0. The van der Waals surface area contributed by atoms with Crippen LogP contribution in [0.2, 0.25) is 0 Å². The van der Waals surface area contributed by atoms with E-state index in [0.717, 1.165) is 44.3 Å². The molecule has 0 saturated heterocycles. The van der Waals surface area contributed by atoms with Crippen LogP contribution in [0.1, 0.15) is 0 Å². The largest absolute Gasteiger partial charge is 0.308 e. The van der Waals surface area contributed by atoms with E-state index in [1.54, 1.807) is 0 Å². The first kappa shape index (κ1) is 25.6. The molecule has 0 aliphatic heterocycles. The standard InChI is InChI=1S/C44H26N4/c1-2-12-27(13-3-1)29-15-8-9-22-37(29)48-45-36-26-40(32-18-6-7-19-35(32)44(36)46-48)47-38-23-11-21-34-31-17-5-4-16-30(31)33-20-10-14-28-24-25-39(47)43(41(28)33)42(34)38/h1-26H. The number of nitrogens with zero attached hydrogens (tertiary/aromatic N) is 4. The summed E-state index contributed by atoms with van der Waals surface area (Å²) < 4.78 is 2.46. The summed E-state index contributed by atoms with van der Waals surface area (Å²) in [7, 11) is 0. The predicted molar refractivity (Wildman–Crippen MR) is 198 cm³/mol. The number of fused-ring (bicyclic) bond motifs is 6. The van der Waals surface area contributed by atoms with Gasteiger partial charge in [-0.15, -0.1) is 15.0 Å². The van der Waals surface area contributed by atoms with Crippen LogP contribution in [0.4, 0.5) is 0 Å². The van der Waals surface area contributed by atoms with Gasteiger partial charge in [-0.1, -0.05) is 133 Å². The van der Waals surface area contributed by atoms with Gasteiger partial charge in [0.2, 0.25) is 0 Å². The van der Waals surface area contributed by atoms with E-state index in [0.29, 0.717) is 0 Å². The molecule has 2 aromatic heterocycles. The molecular weight excluding hydrogens is 585 g/mol. The molecule has 222 valence electrons. The van der Waals surface area contributed by atoms with Crippen LogP contribution in [0.3, 0.4) is 0 Å². The Morgan fingerprint density at radius 2 is 1.04 bits per heavy atom. The van der Waals surface area contributed by atoms with Crippen molar-refractivity contribution in [3.05, 3.63) is 158 Å². The topological polar surface area (TPSA) is 35.6 Å². The molecule has 0 bridgehead atoms. The summed E-state index contributed by atoms with van der Waals surface area (Å²) in [5.41, 5.74) is 13.5. The Balaban J connectivity index is 1.25. The summed E-state index contributed by atoms with van der Waals surface area (Å²) in [6.45, 7) is 0. The Bertz CT molecular complexity index is 2950. The van der Waals surface area contributed by atoms with Gasteiger partial charge in [0.05, 0.1) is 22.4 Å². The van der Waals surface area contributed by atoms with Gasteiger partial charge in [0.15, 0.2) is 0 Å². The molecule has 1 aliphatic carbocycles. The van der Waals surface area contributed by atoms with E-state index in [1.807, 2.05) is 10.9 Å². The quantitative estimate of drug-likeness (QED) is 0.199. The number of aromatic nitrogens is 4. The average molecular weight is 611 g/mol. The second-order valence-electron chi connectivity index (χ2n) is 12.6.